The molecule has 0 bridgehead atoms. The zero-order valence-corrected chi connectivity index (χ0v) is 10.3. The molecule has 0 unspecified atom stereocenters. The summed E-state index contributed by atoms with van der Waals surface area (Å²) in [7, 11) is 0. The quantitative estimate of drug-likeness (QED) is 0.770. The molecule has 0 aromatic heterocycles. The van der Waals surface area contributed by atoms with E-state index in [1.165, 1.54) is 12.1 Å². The first-order valence-electron chi connectivity index (χ1n) is 5.71. The molecule has 1 aromatic carbocycles. The molecule has 96 valence electrons. The van der Waals surface area contributed by atoms with Crippen LogP contribution in [0.2, 0.25) is 0 Å². The summed E-state index contributed by atoms with van der Waals surface area (Å²) < 4.78 is 32.9. The Morgan fingerprint density at radius 1 is 1.33 bits per heavy atom. The molecular weight excluding hydrogens is 238 g/mol. The number of halogens is 2. The second kappa shape index (κ2) is 4.54. The number of benzene rings is 1. The van der Waals surface area contributed by atoms with E-state index in [0.29, 0.717) is 19.8 Å². The lowest BCUT2D eigenvalue weighted by molar-refractivity contribution is 0.0639. The molecule has 0 atom stereocenters. The van der Waals surface area contributed by atoms with Crippen molar-refractivity contribution >= 4 is 5.69 Å². The summed E-state index contributed by atoms with van der Waals surface area (Å²) in [5.41, 5.74) is -0.498. The maximum Gasteiger partial charge on any atom is 0.183 e. The summed E-state index contributed by atoms with van der Waals surface area (Å²) in [5.74, 6) is -2.05. The van der Waals surface area contributed by atoms with Crippen molar-refractivity contribution in [1.82, 2.24) is 0 Å². The summed E-state index contributed by atoms with van der Waals surface area (Å²) in [6.45, 7) is 5.23. The summed E-state index contributed by atoms with van der Waals surface area (Å²) >= 11 is 0. The molecule has 5 heteroatoms. The van der Waals surface area contributed by atoms with Crippen LogP contribution >= 0.6 is 0 Å². The number of nitriles is 1. The highest BCUT2D eigenvalue weighted by molar-refractivity contribution is 5.54. The van der Waals surface area contributed by atoms with Gasteiger partial charge < -0.3 is 9.64 Å². The van der Waals surface area contributed by atoms with Gasteiger partial charge in [-0.3, -0.25) is 0 Å². The van der Waals surface area contributed by atoms with Crippen LogP contribution in [-0.4, -0.2) is 25.3 Å². The lowest BCUT2D eigenvalue weighted by Gasteiger charge is -2.43. The maximum absolute atomic E-state index is 14.0. The zero-order valence-electron chi connectivity index (χ0n) is 10.3. The minimum atomic E-state index is -1.09. The van der Waals surface area contributed by atoms with Gasteiger partial charge in [-0.15, -0.1) is 0 Å². The van der Waals surface area contributed by atoms with E-state index >= 15 is 0 Å². The molecule has 0 aliphatic carbocycles. The molecule has 2 rings (SSSR count). The third kappa shape index (κ3) is 2.04. The van der Waals surface area contributed by atoms with E-state index in [-0.39, 0.29) is 11.3 Å². The highest BCUT2D eigenvalue weighted by Crippen LogP contribution is 2.31. The van der Waals surface area contributed by atoms with Crippen LogP contribution in [0.1, 0.15) is 19.4 Å². The summed E-state index contributed by atoms with van der Waals surface area (Å²) in [5, 5.41) is 8.66. The van der Waals surface area contributed by atoms with Crippen molar-refractivity contribution in [2.45, 2.75) is 19.4 Å². The molecule has 0 N–H and O–H groups in total. The van der Waals surface area contributed by atoms with Crippen LogP contribution < -0.4 is 4.90 Å². The molecule has 0 amide bonds. The van der Waals surface area contributed by atoms with Gasteiger partial charge in [-0.2, -0.15) is 5.26 Å². The minimum absolute atomic E-state index is 0.180. The van der Waals surface area contributed by atoms with E-state index in [2.05, 4.69) is 0 Å². The minimum Gasteiger partial charge on any atom is -0.377 e. The predicted octanol–water partition coefficient (Wildman–Crippen LogP) is 2.45. The molecule has 1 saturated heterocycles. The fraction of sp³-hybridized carbons (Fsp3) is 0.462. The van der Waals surface area contributed by atoms with Gasteiger partial charge in [0.15, 0.2) is 11.6 Å². The largest absolute Gasteiger partial charge is 0.377 e. The van der Waals surface area contributed by atoms with E-state index in [1.54, 1.807) is 11.0 Å². The van der Waals surface area contributed by atoms with Crippen LogP contribution in [0, 0.1) is 23.0 Å². The molecule has 18 heavy (non-hydrogen) atoms. The molecule has 1 aliphatic rings. The van der Waals surface area contributed by atoms with Crippen molar-refractivity contribution in [3.8, 4) is 6.07 Å². The van der Waals surface area contributed by atoms with Gasteiger partial charge in [0.1, 0.15) is 6.07 Å². The van der Waals surface area contributed by atoms with Crippen LogP contribution in [0.25, 0.3) is 0 Å². The van der Waals surface area contributed by atoms with E-state index in [9.17, 15) is 8.78 Å². The second-order valence-electron chi connectivity index (χ2n) is 4.89. The van der Waals surface area contributed by atoms with Crippen LogP contribution in [0.4, 0.5) is 14.5 Å². The van der Waals surface area contributed by atoms with Crippen molar-refractivity contribution in [1.29, 1.82) is 5.26 Å². The normalized spacial score (nSPS) is 18.5. The molecule has 0 saturated carbocycles. The first-order chi connectivity index (χ1) is 8.47. The first-order valence-corrected chi connectivity index (χ1v) is 5.71. The van der Waals surface area contributed by atoms with Crippen molar-refractivity contribution in [3.05, 3.63) is 29.3 Å². The van der Waals surface area contributed by atoms with Crippen molar-refractivity contribution in [2.75, 3.05) is 24.7 Å². The highest BCUT2D eigenvalue weighted by atomic mass is 19.2. The number of morpholine rings is 1. The highest BCUT2D eigenvalue weighted by Gasteiger charge is 2.33. The molecule has 3 nitrogen and oxygen atoms in total. The van der Waals surface area contributed by atoms with Crippen LogP contribution in [-0.2, 0) is 4.74 Å². The van der Waals surface area contributed by atoms with E-state index in [0.717, 1.165) is 0 Å². The van der Waals surface area contributed by atoms with Crippen LogP contribution in [0.5, 0.6) is 0 Å². The monoisotopic (exact) mass is 252 g/mol. The lowest BCUT2D eigenvalue weighted by atomic mass is 10.0. The number of anilines is 1. The van der Waals surface area contributed by atoms with Crippen molar-refractivity contribution in [3.63, 3.8) is 0 Å². The summed E-state index contributed by atoms with van der Waals surface area (Å²) in [6, 6.07) is 4.38. The Hall–Kier alpha value is -1.67. The molecule has 1 fully saturated rings. The van der Waals surface area contributed by atoms with E-state index < -0.39 is 17.2 Å². The smallest absolute Gasteiger partial charge is 0.183 e. The van der Waals surface area contributed by atoms with E-state index in [1.807, 2.05) is 13.8 Å². The second-order valence-corrected chi connectivity index (χ2v) is 4.89. The number of nitrogens with zero attached hydrogens (tertiary/aromatic N) is 2. The van der Waals surface area contributed by atoms with Gasteiger partial charge >= 0.3 is 0 Å². The number of rotatable bonds is 1. The average Bonchev–Trinajstić information content (AvgIpc) is 2.33. The number of hydrogen-bond acceptors (Lipinski definition) is 3. The Morgan fingerprint density at radius 3 is 2.67 bits per heavy atom. The Labute approximate surface area is 105 Å². The molecule has 1 aliphatic heterocycles. The van der Waals surface area contributed by atoms with Gasteiger partial charge in [0.05, 0.1) is 30.0 Å². The SMILES string of the molecule is CC1(C)COCCN1c1ccc(C#N)c(F)c1F. The Morgan fingerprint density at radius 2 is 2.06 bits per heavy atom. The number of hydrogen-bond donors (Lipinski definition) is 0. The Kier molecular flexibility index (Phi) is 3.22. The molecule has 1 aromatic rings. The Balaban J connectivity index is 2.46. The maximum atomic E-state index is 14.0. The average molecular weight is 252 g/mol. The van der Waals surface area contributed by atoms with Gasteiger partial charge in [-0.25, -0.2) is 8.78 Å². The Bertz CT molecular complexity index is 508. The predicted molar refractivity (Wildman–Crippen MR) is 63.3 cm³/mol. The van der Waals surface area contributed by atoms with E-state index in [4.69, 9.17) is 10.00 Å². The standard InChI is InChI=1S/C13H14F2N2O/c1-13(2)8-18-6-5-17(13)10-4-3-9(7-16)11(14)12(10)15/h3-4H,5-6,8H2,1-2H3. The van der Waals surface area contributed by atoms with Gasteiger partial charge in [0.2, 0.25) is 0 Å². The molecule has 0 spiro atoms. The van der Waals surface area contributed by atoms with Crippen molar-refractivity contribution < 1.29 is 13.5 Å². The number of ether oxygens (including phenoxy) is 1. The first kappa shape index (κ1) is 12.8. The molecule has 1 heterocycles. The van der Waals surface area contributed by atoms with Crippen molar-refractivity contribution in [2.24, 2.45) is 0 Å². The fourth-order valence-electron chi connectivity index (χ4n) is 2.14. The van der Waals surface area contributed by atoms with Crippen LogP contribution in [0.15, 0.2) is 12.1 Å². The third-order valence-electron chi connectivity index (χ3n) is 3.12. The zero-order chi connectivity index (χ0) is 13.3. The van der Waals surface area contributed by atoms with Crippen LogP contribution in [0.3, 0.4) is 0 Å². The lowest BCUT2D eigenvalue weighted by Crippen LogP contribution is -2.53. The summed E-state index contributed by atoms with van der Waals surface area (Å²) in [6.07, 6.45) is 0. The summed E-state index contributed by atoms with van der Waals surface area (Å²) in [4.78, 5) is 1.77. The third-order valence-corrected chi connectivity index (χ3v) is 3.12. The van der Waals surface area contributed by atoms with Gasteiger partial charge in [0, 0.05) is 6.54 Å². The molecule has 0 radical (unpaired) electrons. The fourth-order valence-corrected chi connectivity index (χ4v) is 2.14. The molecular formula is C13H14F2N2O. The van der Waals surface area contributed by atoms with Gasteiger partial charge in [0.25, 0.3) is 0 Å². The van der Waals surface area contributed by atoms with Gasteiger partial charge in [-0.1, -0.05) is 0 Å². The van der Waals surface area contributed by atoms with Gasteiger partial charge in [-0.05, 0) is 26.0 Å². The topological polar surface area (TPSA) is 36.3 Å².